The molecule has 0 aliphatic carbocycles. The minimum atomic E-state index is -1.18. The third kappa shape index (κ3) is 4.47. The first-order valence-corrected chi connectivity index (χ1v) is 7.07. The van der Waals surface area contributed by atoms with Crippen LogP contribution < -0.4 is 5.32 Å². The van der Waals surface area contributed by atoms with Crippen LogP contribution in [0.1, 0.15) is 29.6 Å². The molecule has 0 saturated heterocycles. The second kappa shape index (κ2) is 7.60. The average molecular weight is 371 g/mol. The number of rotatable bonds is 6. The fraction of sp³-hybridized carbons (Fsp3) is 0.417. The van der Waals surface area contributed by atoms with Gasteiger partial charge in [-0.25, -0.2) is 13.2 Å². The van der Waals surface area contributed by atoms with Gasteiger partial charge in [0.2, 0.25) is 0 Å². The Balaban J connectivity index is 2.57. The summed E-state index contributed by atoms with van der Waals surface area (Å²) in [7, 11) is 0. The number of halogens is 4. The summed E-state index contributed by atoms with van der Waals surface area (Å²) in [6, 6.07) is 0.988. The second-order valence-electron chi connectivity index (χ2n) is 3.75. The Morgan fingerprint density at radius 1 is 1.11 bits per heavy atom. The summed E-state index contributed by atoms with van der Waals surface area (Å²) in [6.07, 6.45) is 2.73. The molecule has 0 saturated carbocycles. The van der Waals surface area contributed by atoms with Crippen molar-refractivity contribution in [3.05, 3.63) is 35.1 Å². The van der Waals surface area contributed by atoms with Crippen molar-refractivity contribution in [2.75, 3.05) is 11.0 Å². The van der Waals surface area contributed by atoms with Crippen LogP contribution in [-0.2, 0) is 0 Å². The van der Waals surface area contributed by atoms with Gasteiger partial charge in [0.1, 0.15) is 23.0 Å². The van der Waals surface area contributed by atoms with E-state index in [-0.39, 0.29) is 0 Å². The highest BCUT2D eigenvalue weighted by atomic mass is 127. The zero-order valence-corrected chi connectivity index (χ0v) is 11.8. The molecule has 0 aliphatic heterocycles. The van der Waals surface area contributed by atoms with Gasteiger partial charge in [0.25, 0.3) is 5.91 Å². The third-order valence-electron chi connectivity index (χ3n) is 2.33. The van der Waals surface area contributed by atoms with Gasteiger partial charge in [-0.1, -0.05) is 29.0 Å². The van der Waals surface area contributed by atoms with Gasteiger partial charge in [-0.05, 0) is 17.3 Å². The van der Waals surface area contributed by atoms with Crippen molar-refractivity contribution in [3.8, 4) is 0 Å². The Morgan fingerprint density at radius 2 is 1.72 bits per heavy atom. The summed E-state index contributed by atoms with van der Waals surface area (Å²) in [6.45, 7) is 0.353. The Kier molecular flexibility index (Phi) is 6.45. The van der Waals surface area contributed by atoms with Crippen molar-refractivity contribution < 1.29 is 18.0 Å². The van der Waals surface area contributed by atoms with Crippen LogP contribution in [0.4, 0.5) is 13.2 Å². The Labute approximate surface area is 117 Å². The Hall–Kier alpha value is -0.790. The number of carbonyl (C=O) groups is 1. The maximum Gasteiger partial charge on any atom is 0.257 e. The van der Waals surface area contributed by atoms with Gasteiger partial charge in [0, 0.05) is 18.7 Å². The molecule has 0 heterocycles. The van der Waals surface area contributed by atoms with E-state index in [2.05, 4.69) is 27.9 Å². The molecule has 0 atom stereocenters. The topological polar surface area (TPSA) is 29.1 Å². The quantitative estimate of drug-likeness (QED) is 0.463. The predicted molar refractivity (Wildman–Crippen MR) is 71.4 cm³/mol. The number of benzene rings is 1. The molecule has 1 aromatic rings. The summed E-state index contributed by atoms with van der Waals surface area (Å²) in [5.41, 5.74) is -0.731. The molecule has 0 fully saturated rings. The normalized spacial score (nSPS) is 10.4. The molecule has 18 heavy (non-hydrogen) atoms. The lowest BCUT2D eigenvalue weighted by Crippen LogP contribution is -2.26. The predicted octanol–water partition coefficient (Wildman–Crippen LogP) is 3.44. The molecular weight excluding hydrogens is 358 g/mol. The van der Waals surface area contributed by atoms with Gasteiger partial charge in [-0.15, -0.1) is 0 Å². The zero-order chi connectivity index (χ0) is 13.5. The van der Waals surface area contributed by atoms with Crippen molar-refractivity contribution in [1.29, 1.82) is 0 Å². The highest BCUT2D eigenvalue weighted by molar-refractivity contribution is 14.1. The molecule has 6 heteroatoms. The van der Waals surface area contributed by atoms with Gasteiger partial charge in [0.05, 0.1) is 0 Å². The van der Waals surface area contributed by atoms with Gasteiger partial charge < -0.3 is 5.32 Å². The number of alkyl halides is 1. The minimum absolute atomic E-state index is 0.353. The molecule has 0 aromatic heterocycles. The molecule has 0 bridgehead atoms. The highest BCUT2D eigenvalue weighted by Crippen LogP contribution is 2.14. The maximum atomic E-state index is 13.2. The lowest BCUT2D eigenvalue weighted by molar-refractivity contribution is 0.0944. The number of nitrogens with one attached hydrogen (secondary N) is 1. The zero-order valence-electron chi connectivity index (χ0n) is 9.61. The van der Waals surface area contributed by atoms with E-state index in [9.17, 15) is 18.0 Å². The van der Waals surface area contributed by atoms with Crippen LogP contribution in [0.5, 0.6) is 0 Å². The largest absolute Gasteiger partial charge is 0.352 e. The van der Waals surface area contributed by atoms with E-state index in [1.165, 1.54) is 0 Å². The van der Waals surface area contributed by atoms with Crippen molar-refractivity contribution in [3.63, 3.8) is 0 Å². The van der Waals surface area contributed by atoms with Crippen LogP contribution in [0.3, 0.4) is 0 Å². The van der Waals surface area contributed by atoms with Crippen LogP contribution in [-0.4, -0.2) is 16.9 Å². The van der Waals surface area contributed by atoms with Crippen LogP contribution in [0.25, 0.3) is 0 Å². The lowest BCUT2D eigenvalue weighted by atomic mass is 10.1. The molecule has 0 spiro atoms. The van der Waals surface area contributed by atoms with E-state index in [0.29, 0.717) is 18.7 Å². The smallest absolute Gasteiger partial charge is 0.257 e. The summed E-state index contributed by atoms with van der Waals surface area (Å²) in [4.78, 5) is 11.5. The summed E-state index contributed by atoms with van der Waals surface area (Å²) in [5, 5.41) is 2.42. The first-order valence-electron chi connectivity index (χ1n) is 5.55. The van der Waals surface area contributed by atoms with Crippen LogP contribution in [0.2, 0.25) is 0 Å². The maximum absolute atomic E-state index is 13.2. The molecule has 2 nitrogen and oxygen atoms in total. The van der Waals surface area contributed by atoms with Crippen LogP contribution in [0.15, 0.2) is 12.1 Å². The van der Waals surface area contributed by atoms with E-state index in [0.717, 1.165) is 23.7 Å². The molecule has 0 aliphatic rings. The first-order chi connectivity index (χ1) is 8.56. The second-order valence-corrected chi connectivity index (χ2v) is 4.83. The van der Waals surface area contributed by atoms with Gasteiger partial charge in [-0.2, -0.15) is 0 Å². The van der Waals surface area contributed by atoms with Gasteiger partial charge in [0.15, 0.2) is 0 Å². The van der Waals surface area contributed by atoms with Gasteiger partial charge >= 0.3 is 0 Å². The lowest BCUT2D eigenvalue weighted by Gasteiger charge is -2.07. The molecule has 0 radical (unpaired) electrons. The molecule has 1 N–H and O–H groups in total. The number of amides is 1. The third-order valence-corrected chi connectivity index (χ3v) is 3.09. The number of carbonyl (C=O) groups excluding carboxylic acids is 1. The standard InChI is InChI=1S/C12H13F3INO/c13-8-6-9(14)11(10(15)7-8)12(18)17-5-3-1-2-4-16/h6-7H,1-5H2,(H,17,18). The minimum Gasteiger partial charge on any atom is -0.352 e. The van der Waals surface area contributed by atoms with Crippen LogP contribution >= 0.6 is 22.6 Å². The van der Waals surface area contributed by atoms with E-state index in [1.807, 2.05) is 0 Å². The molecular formula is C12H13F3INO. The van der Waals surface area contributed by atoms with E-state index >= 15 is 0 Å². The molecule has 1 aromatic carbocycles. The van der Waals surface area contributed by atoms with E-state index < -0.39 is 28.9 Å². The monoisotopic (exact) mass is 371 g/mol. The van der Waals surface area contributed by atoms with Crippen molar-refractivity contribution >= 4 is 28.5 Å². The number of unbranched alkanes of at least 4 members (excludes halogenated alkanes) is 2. The molecule has 0 unspecified atom stereocenters. The van der Waals surface area contributed by atoms with Crippen molar-refractivity contribution in [2.45, 2.75) is 19.3 Å². The Bertz CT molecular complexity index is 403. The molecule has 1 rings (SSSR count). The SMILES string of the molecule is O=C(NCCCCCI)c1c(F)cc(F)cc1F. The molecule has 100 valence electrons. The van der Waals surface area contributed by atoms with Crippen LogP contribution in [0, 0.1) is 17.5 Å². The van der Waals surface area contributed by atoms with Crippen molar-refractivity contribution in [2.24, 2.45) is 0 Å². The molecule has 1 amide bonds. The summed E-state index contributed by atoms with van der Waals surface area (Å²) >= 11 is 2.25. The first kappa shape index (κ1) is 15.3. The number of hydrogen-bond donors (Lipinski definition) is 1. The average Bonchev–Trinajstić information content (AvgIpc) is 2.27. The van der Waals surface area contributed by atoms with E-state index in [4.69, 9.17) is 0 Å². The fourth-order valence-corrected chi connectivity index (χ4v) is 1.99. The fourth-order valence-electron chi connectivity index (χ4n) is 1.45. The Morgan fingerprint density at radius 3 is 2.28 bits per heavy atom. The number of hydrogen-bond acceptors (Lipinski definition) is 1. The summed E-state index contributed by atoms with van der Waals surface area (Å²) < 4.78 is 40.2. The highest BCUT2D eigenvalue weighted by Gasteiger charge is 2.18. The summed E-state index contributed by atoms with van der Waals surface area (Å²) in [5.74, 6) is -4.25. The van der Waals surface area contributed by atoms with Gasteiger partial charge in [-0.3, -0.25) is 4.79 Å². The van der Waals surface area contributed by atoms with E-state index in [1.54, 1.807) is 0 Å². The van der Waals surface area contributed by atoms with Crippen molar-refractivity contribution in [1.82, 2.24) is 5.32 Å².